The largest absolute Gasteiger partial charge is 0.423 e. The van der Waals surface area contributed by atoms with Crippen molar-refractivity contribution in [3.05, 3.63) is 29.8 Å². The number of carbonyl (C=O) groups is 2. The fourth-order valence-electron chi connectivity index (χ4n) is 2.95. The predicted molar refractivity (Wildman–Crippen MR) is 87.2 cm³/mol. The van der Waals surface area contributed by atoms with Crippen molar-refractivity contribution in [2.45, 2.75) is 51.2 Å². The lowest BCUT2D eigenvalue weighted by Crippen LogP contribution is -2.58. The van der Waals surface area contributed by atoms with E-state index in [0.717, 1.165) is 24.8 Å². The molecule has 2 rings (SSSR count). The highest BCUT2D eigenvalue weighted by atomic mass is 16.6. The van der Waals surface area contributed by atoms with E-state index < -0.39 is 11.7 Å². The molecule has 0 spiro atoms. The van der Waals surface area contributed by atoms with Crippen molar-refractivity contribution in [2.75, 3.05) is 13.1 Å². The Kier molecular flexibility index (Phi) is 5.91. The first-order valence-electron chi connectivity index (χ1n) is 8.21. The summed E-state index contributed by atoms with van der Waals surface area (Å²) in [6.07, 6.45) is 3.16. The van der Waals surface area contributed by atoms with Gasteiger partial charge in [-0.25, -0.2) is 4.79 Å². The molecule has 1 heterocycles. The van der Waals surface area contributed by atoms with Crippen LogP contribution in [0.4, 0.5) is 0 Å². The van der Waals surface area contributed by atoms with Gasteiger partial charge in [0.15, 0.2) is 0 Å². The van der Waals surface area contributed by atoms with Gasteiger partial charge in [0, 0.05) is 13.1 Å². The summed E-state index contributed by atoms with van der Waals surface area (Å²) < 4.78 is 5.49. The third kappa shape index (κ3) is 3.98. The van der Waals surface area contributed by atoms with Crippen LogP contribution in [0.15, 0.2) is 24.3 Å². The van der Waals surface area contributed by atoms with Gasteiger partial charge in [0.05, 0.1) is 6.42 Å². The second-order valence-electron chi connectivity index (χ2n) is 6.32. The van der Waals surface area contributed by atoms with E-state index >= 15 is 0 Å². The minimum absolute atomic E-state index is 0.188. The number of ether oxygens (including phenoxy) is 1. The van der Waals surface area contributed by atoms with Crippen molar-refractivity contribution in [1.82, 2.24) is 4.90 Å². The molecule has 1 fully saturated rings. The molecule has 0 saturated carbocycles. The van der Waals surface area contributed by atoms with Crippen LogP contribution in [-0.4, -0.2) is 41.1 Å². The van der Waals surface area contributed by atoms with E-state index in [-0.39, 0.29) is 12.3 Å². The first-order valence-corrected chi connectivity index (χ1v) is 8.21. The van der Waals surface area contributed by atoms with Gasteiger partial charge < -0.3 is 14.6 Å². The summed E-state index contributed by atoms with van der Waals surface area (Å²) in [6.45, 7) is 5.19. The topological polar surface area (TPSA) is 66.8 Å². The van der Waals surface area contributed by atoms with Crippen molar-refractivity contribution in [3.8, 4) is 5.75 Å². The number of rotatable bonds is 6. The summed E-state index contributed by atoms with van der Waals surface area (Å²) in [5, 5.41) is 10.8. The molecule has 5 nitrogen and oxygen atoms in total. The molecule has 1 unspecified atom stereocenters. The molecule has 0 aromatic heterocycles. The van der Waals surface area contributed by atoms with Crippen LogP contribution in [-0.2, 0) is 9.59 Å². The first kappa shape index (κ1) is 17.6. The summed E-state index contributed by atoms with van der Waals surface area (Å²) in [5.74, 6) is -0.151. The Labute approximate surface area is 137 Å². The Bertz CT molecular complexity index is 552. The van der Waals surface area contributed by atoms with Gasteiger partial charge in [0.2, 0.25) is 5.72 Å². The van der Waals surface area contributed by atoms with Crippen molar-refractivity contribution < 1.29 is 19.4 Å². The molecule has 1 N–H and O–H groups in total. The molecule has 0 amide bonds. The number of para-hydroxylation sites is 1. The molecule has 0 radical (unpaired) electrons. The smallest absolute Gasteiger partial charge is 0.359 e. The molecular formula is C18H25NO4. The maximum Gasteiger partial charge on any atom is 0.359 e. The van der Waals surface area contributed by atoms with E-state index in [1.165, 1.54) is 0 Å². The average molecular weight is 319 g/mol. The monoisotopic (exact) mass is 319 g/mol. The summed E-state index contributed by atoms with van der Waals surface area (Å²) >= 11 is 0. The third-order valence-electron chi connectivity index (χ3n) is 4.32. The number of piperidine rings is 1. The van der Waals surface area contributed by atoms with Crippen molar-refractivity contribution >= 4 is 12.3 Å². The number of hydrogen-bond donors (Lipinski definition) is 1. The van der Waals surface area contributed by atoms with Crippen LogP contribution < -0.4 is 4.74 Å². The average Bonchev–Trinajstić information content (AvgIpc) is 2.56. The number of nitrogens with zero attached hydrogens (tertiary/aromatic N) is 1. The van der Waals surface area contributed by atoms with Crippen molar-refractivity contribution in [1.29, 1.82) is 0 Å². The Morgan fingerprint density at radius 3 is 2.57 bits per heavy atom. The van der Waals surface area contributed by atoms with E-state index in [0.29, 0.717) is 25.1 Å². The number of hydrogen-bond acceptors (Lipinski definition) is 5. The molecule has 0 aliphatic carbocycles. The Hall–Kier alpha value is -1.72. The van der Waals surface area contributed by atoms with E-state index in [1.54, 1.807) is 17.0 Å². The Morgan fingerprint density at radius 2 is 1.96 bits per heavy atom. The molecule has 1 aromatic carbocycles. The van der Waals surface area contributed by atoms with Crippen LogP contribution >= 0.6 is 0 Å². The van der Waals surface area contributed by atoms with Crippen LogP contribution in [0.2, 0.25) is 0 Å². The molecule has 1 aliphatic heterocycles. The Morgan fingerprint density at radius 1 is 1.30 bits per heavy atom. The van der Waals surface area contributed by atoms with Gasteiger partial charge in [-0.2, -0.15) is 0 Å². The van der Waals surface area contributed by atoms with Gasteiger partial charge >= 0.3 is 5.97 Å². The third-order valence-corrected chi connectivity index (χ3v) is 4.32. The number of carbonyl (C=O) groups excluding carboxylic acids is 2. The number of aliphatic hydroxyl groups is 1. The van der Waals surface area contributed by atoms with Crippen LogP contribution in [0.25, 0.3) is 0 Å². The zero-order valence-electron chi connectivity index (χ0n) is 13.8. The van der Waals surface area contributed by atoms with E-state index in [9.17, 15) is 14.7 Å². The zero-order chi connectivity index (χ0) is 16.9. The molecule has 5 heteroatoms. The molecule has 1 saturated heterocycles. The zero-order valence-corrected chi connectivity index (χ0v) is 13.8. The number of benzene rings is 1. The molecule has 1 atom stereocenters. The van der Waals surface area contributed by atoms with E-state index in [1.807, 2.05) is 26.0 Å². The fraction of sp³-hybridized carbons (Fsp3) is 0.556. The SMILES string of the molecule is CC(C)c1ccccc1OC(=O)C(O)(CC=O)N1CCCCC1. The quantitative estimate of drug-likeness (QED) is 0.496. The van der Waals surface area contributed by atoms with Gasteiger partial charge in [-0.1, -0.05) is 38.5 Å². The van der Waals surface area contributed by atoms with Gasteiger partial charge in [0.1, 0.15) is 12.0 Å². The lowest BCUT2D eigenvalue weighted by molar-refractivity contribution is -0.183. The number of aldehydes is 1. The number of esters is 1. The maximum atomic E-state index is 12.6. The summed E-state index contributed by atoms with van der Waals surface area (Å²) in [7, 11) is 0. The van der Waals surface area contributed by atoms with Gasteiger partial charge in [0.25, 0.3) is 0 Å². The first-order chi connectivity index (χ1) is 11.0. The van der Waals surface area contributed by atoms with Gasteiger partial charge in [-0.3, -0.25) is 4.90 Å². The standard InChI is InChI=1S/C18H25NO4/c1-14(2)15-8-4-5-9-16(15)23-17(21)18(22,10-13-20)19-11-6-3-7-12-19/h4-5,8-9,13-14,22H,3,6-7,10-12H2,1-2H3. The second-order valence-corrected chi connectivity index (χ2v) is 6.32. The summed E-state index contributed by atoms with van der Waals surface area (Å²) in [5.41, 5.74) is -0.986. The molecule has 1 aromatic rings. The predicted octanol–water partition coefficient (Wildman–Crippen LogP) is 2.48. The fourth-order valence-corrected chi connectivity index (χ4v) is 2.95. The normalized spacial score (nSPS) is 18.4. The second kappa shape index (κ2) is 7.70. The summed E-state index contributed by atoms with van der Waals surface area (Å²) in [4.78, 5) is 25.3. The highest BCUT2D eigenvalue weighted by molar-refractivity contribution is 5.84. The molecule has 126 valence electrons. The van der Waals surface area contributed by atoms with E-state index in [4.69, 9.17) is 4.74 Å². The van der Waals surface area contributed by atoms with E-state index in [2.05, 4.69) is 0 Å². The van der Waals surface area contributed by atoms with Crippen LogP contribution in [0.3, 0.4) is 0 Å². The van der Waals surface area contributed by atoms with Crippen molar-refractivity contribution in [3.63, 3.8) is 0 Å². The minimum atomic E-state index is -1.88. The number of likely N-dealkylation sites (tertiary alicyclic amines) is 1. The lowest BCUT2D eigenvalue weighted by Gasteiger charge is -2.38. The highest BCUT2D eigenvalue weighted by Crippen LogP contribution is 2.29. The molecular weight excluding hydrogens is 294 g/mol. The maximum absolute atomic E-state index is 12.6. The molecule has 1 aliphatic rings. The van der Waals surface area contributed by atoms with Gasteiger partial charge in [-0.15, -0.1) is 0 Å². The Balaban J connectivity index is 2.23. The van der Waals surface area contributed by atoms with Crippen molar-refractivity contribution in [2.24, 2.45) is 0 Å². The minimum Gasteiger partial charge on any atom is -0.423 e. The van der Waals surface area contributed by atoms with Crippen LogP contribution in [0.5, 0.6) is 5.75 Å². The molecule has 23 heavy (non-hydrogen) atoms. The highest BCUT2D eigenvalue weighted by Gasteiger charge is 2.44. The van der Waals surface area contributed by atoms with Crippen LogP contribution in [0, 0.1) is 0 Å². The summed E-state index contributed by atoms with van der Waals surface area (Å²) in [6, 6.07) is 7.28. The van der Waals surface area contributed by atoms with Gasteiger partial charge in [-0.05, 0) is 30.4 Å². The molecule has 0 bridgehead atoms. The van der Waals surface area contributed by atoms with Crippen LogP contribution in [0.1, 0.15) is 51.0 Å². The lowest BCUT2D eigenvalue weighted by atomic mass is 10.0.